The molecule has 1 aromatic heterocycles. The van der Waals surface area contributed by atoms with Gasteiger partial charge in [0.1, 0.15) is 17.3 Å². The lowest BCUT2D eigenvalue weighted by Crippen LogP contribution is -1.99. The number of nitrogens with two attached hydrogens (primary N) is 3. The Bertz CT molecular complexity index is 628. The Hall–Kier alpha value is -2.55. The second-order valence-electron chi connectivity index (χ2n) is 3.58. The second-order valence-corrected chi connectivity index (χ2v) is 4.62. The fraction of sp³-hybridized carbons (Fsp3) is 0. The lowest BCUT2D eigenvalue weighted by molar-refractivity contribution is -0.383. The molecule has 0 saturated carbocycles. The summed E-state index contributed by atoms with van der Waals surface area (Å²) in [5.41, 5.74) is 16.6. The number of nitrogen functional groups attached to an aromatic ring is 3. The van der Waals surface area contributed by atoms with Crippen LogP contribution >= 0.6 is 11.8 Å². The number of nitrogens with zero attached hydrogens (tertiary/aromatic N) is 3. The minimum atomic E-state index is -0.543. The molecular weight excluding hydrogens is 268 g/mol. The molecule has 0 aliphatic rings. The van der Waals surface area contributed by atoms with Crippen LogP contribution in [-0.4, -0.2) is 14.9 Å². The Morgan fingerprint density at radius 1 is 1.11 bits per heavy atom. The molecule has 8 nitrogen and oxygen atoms in total. The predicted octanol–water partition coefficient (Wildman–Crippen LogP) is 1.28. The maximum atomic E-state index is 10.6. The van der Waals surface area contributed by atoms with E-state index in [1.54, 1.807) is 6.07 Å². The number of nitro groups is 1. The van der Waals surface area contributed by atoms with Gasteiger partial charge in [0.15, 0.2) is 5.16 Å². The highest BCUT2D eigenvalue weighted by atomic mass is 32.2. The zero-order chi connectivity index (χ0) is 14.0. The Kier molecular flexibility index (Phi) is 3.38. The van der Waals surface area contributed by atoms with Crippen LogP contribution in [0.5, 0.6) is 0 Å². The van der Waals surface area contributed by atoms with Crippen molar-refractivity contribution in [3.8, 4) is 0 Å². The number of rotatable bonds is 3. The summed E-state index contributed by atoms with van der Waals surface area (Å²) in [6, 6.07) is 5.80. The maximum Gasteiger partial charge on any atom is 0.292 e. The van der Waals surface area contributed by atoms with Gasteiger partial charge in [-0.15, -0.1) is 0 Å². The van der Waals surface area contributed by atoms with Gasteiger partial charge in [0.25, 0.3) is 5.69 Å². The van der Waals surface area contributed by atoms with Gasteiger partial charge in [-0.2, -0.15) is 0 Å². The quantitative estimate of drug-likeness (QED) is 0.329. The molecule has 0 amide bonds. The monoisotopic (exact) mass is 278 g/mol. The number of benzene rings is 1. The van der Waals surface area contributed by atoms with Gasteiger partial charge in [-0.3, -0.25) is 10.1 Å². The number of hydrogen-bond donors (Lipinski definition) is 3. The number of nitro benzene ring substituents is 1. The Balaban J connectivity index is 2.28. The van der Waals surface area contributed by atoms with Crippen molar-refractivity contribution in [3.63, 3.8) is 0 Å². The molecule has 0 aliphatic heterocycles. The van der Waals surface area contributed by atoms with Gasteiger partial charge in [-0.1, -0.05) is 0 Å². The van der Waals surface area contributed by atoms with Crippen LogP contribution in [0.1, 0.15) is 0 Å². The molecule has 0 unspecified atom stereocenters. The van der Waals surface area contributed by atoms with Gasteiger partial charge < -0.3 is 17.2 Å². The zero-order valence-corrected chi connectivity index (χ0v) is 10.4. The van der Waals surface area contributed by atoms with Crippen LogP contribution in [0.3, 0.4) is 0 Å². The highest BCUT2D eigenvalue weighted by molar-refractivity contribution is 7.99. The maximum absolute atomic E-state index is 10.6. The van der Waals surface area contributed by atoms with Crippen molar-refractivity contribution in [2.75, 3.05) is 17.2 Å². The first-order chi connectivity index (χ1) is 8.95. The molecule has 0 fully saturated rings. The van der Waals surface area contributed by atoms with Crippen LogP contribution in [0.15, 0.2) is 34.3 Å². The molecule has 19 heavy (non-hydrogen) atoms. The van der Waals surface area contributed by atoms with Crippen molar-refractivity contribution >= 4 is 34.8 Å². The minimum absolute atomic E-state index is 0.0758. The van der Waals surface area contributed by atoms with Gasteiger partial charge in [0.05, 0.1) is 4.92 Å². The van der Waals surface area contributed by atoms with Gasteiger partial charge in [0, 0.05) is 17.0 Å². The van der Waals surface area contributed by atoms with E-state index in [0.29, 0.717) is 10.1 Å². The predicted molar refractivity (Wildman–Crippen MR) is 72.5 cm³/mol. The van der Waals surface area contributed by atoms with Gasteiger partial charge in [-0.05, 0) is 23.9 Å². The fourth-order valence-corrected chi connectivity index (χ4v) is 2.21. The Morgan fingerprint density at radius 3 is 2.26 bits per heavy atom. The van der Waals surface area contributed by atoms with Crippen LogP contribution in [-0.2, 0) is 0 Å². The summed E-state index contributed by atoms with van der Waals surface area (Å²) < 4.78 is 0. The molecule has 0 saturated heterocycles. The molecule has 0 bridgehead atoms. The topological polar surface area (TPSA) is 147 Å². The normalized spacial score (nSPS) is 10.3. The third-order valence-corrected chi connectivity index (χ3v) is 3.00. The van der Waals surface area contributed by atoms with E-state index in [4.69, 9.17) is 17.2 Å². The summed E-state index contributed by atoms with van der Waals surface area (Å²) in [4.78, 5) is 18.7. The molecule has 9 heteroatoms. The number of anilines is 3. The van der Waals surface area contributed by atoms with Gasteiger partial charge in [0.2, 0.25) is 0 Å². The average molecular weight is 278 g/mol. The third kappa shape index (κ3) is 3.01. The van der Waals surface area contributed by atoms with Crippen molar-refractivity contribution in [2.24, 2.45) is 0 Å². The van der Waals surface area contributed by atoms with Crippen molar-refractivity contribution in [1.29, 1.82) is 0 Å². The lowest BCUT2D eigenvalue weighted by Gasteiger charge is -2.04. The van der Waals surface area contributed by atoms with Crippen molar-refractivity contribution in [2.45, 2.75) is 10.1 Å². The first-order valence-electron chi connectivity index (χ1n) is 5.07. The Morgan fingerprint density at radius 2 is 1.74 bits per heavy atom. The molecule has 0 radical (unpaired) electrons. The first kappa shape index (κ1) is 12.9. The molecule has 1 aromatic carbocycles. The third-order valence-electron chi connectivity index (χ3n) is 2.15. The molecule has 2 rings (SSSR count). The minimum Gasteiger partial charge on any atom is -0.393 e. The van der Waals surface area contributed by atoms with E-state index in [1.807, 2.05) is 0 Å². The summed E-state index contributed by atoms with van der Waals surface area (Å²) in [6.07, 6.45) is 0. The van der Waals surface area contributed by atoms with E-state index >= 15 is 0 Å². The molecule has 0 spiro atoms. The molecule has 0 atom stereocenters. The molecule has 1 heterocycles. The number of aromatic nitrogens is 2. The van der Waals surface area contributed by atoms with Crippen LogP contribution in [0, 0.1) is 10.1 Å². The Labute approximate surface area is 112 Å². The SMILES string of the molecule is Nc1cc(N)nc(Sc2ccc([N+](=O)[O-])c(N)c2)n1. The molecule has 2 aromatic rings. The highest BCUT2D eigenvalue weighted by Gasteiger charge is 2.12. The van der Waals surface area contributed by atoms with Crippen molar-refractivity contribution in [1.82, 2.24) is 9.97 Å². The smallest absolute Gasteiger partial charge is 0.292 e. The average Bonchev–Trinajstić information content (AvgIpc) is 2.26. The fourth-order valence-electron chi connectivity index (χ4n) is 1.38. The molecule has 98 valence electrons. The standard InChI is InChI=1S/C10H10N6O2S/c11-6-3-5(1-2-7(6)16(17)18)19-10-14-8(12)4-9(13)15-10/h1-4H,11H2,(H4,12,13,14,15). The second kappa shape index (κ2) is 4.98. The summed E-state index contributed by atoms with van der Waals surface area (Å²) in [5, 5.41) is 11.0. The summed E-state index contributed by atoms with van der Waals surface area (Å²) in [5.74, 6) is 0.509. The van der Waals surface area contributed by atoms with E-state index < -0.39 is 4.92 Å². The van der Waals surface area contributed by atoms with Crippen LogP contribution in [0.2, 0.25) is 0 Å². The van der Waals surface area contributed by atoms with E-state index in [0.717, 1.165) is 0 Å². The van der Waals surface area contributed by atoms with E-state index in [9.17, 15) is 10.1 Å². The van der Waals surface area contributed by atoms with E-state index in [2.05, 4.69) is 9.97 Å². The van der Waals surface area contributed by atoms with Gasteiger partial charge >= 0.3 is 0 Å². The number of hydrogen-bond acceptors (Lipinski definition) is 8. The molecular formula is C10H10N6O2S. The highest BCUT2D eigenvalue weighted by Crippen LogP contribution is 2.31. The summed E-state index contributed by atoms with van der Waals surface area (Å²) >= 11 is 1.17. The molecule has 6 N–H and O–H groups in total. The largest absolute Gasteiger partial charge is 0.393 e. The summed E-state index contributed by atoms with van der Waals surface area (Å²) in [6.45, 7) is 0. The van der Waals surface area contributed by atoms with E-state index in [-0.39, 0.29) is 23.0 Å². The van der Waals surface area contributed by atoms with Crippen molar-refractivity contribution in [3.05, 3.63) is 34.4 Å². The first-order valence-corrected chi connectivity index (χ1v) is 5.89. The van der Waals surface area contributed by atoms with Gasteiger partial charge in [-0.25, -0.2) is 9.97 Å². The lowest BCUT2D eigenvalue weighted by atomic mass is 10.3. The molecule has 0 aliphatic carbocycles. The zero-order valence-electron chi connectivity index (χ0n) is 9.61. The van der Waals surface area contributed by atoms with E-state index in [1.165, 1.54) is 30.0 Å². The van der Waals surface area contributed by atoms with Crippen LogP contribution < -0.4 is 17.2 Å². The van der Waals surface area contributed by atoms with Crippen molar-refractivity contribution < 1.29 is 4.92 Å². The van der Waals surface area contributed by atoms with Crippen LogP contribution in [0.4, 0.5) is 23.0 Å². The van der Waals surface area contributed by atoms with Crippen LogP contribution in [0.25, 0.3) is 0 Å². The summed E-state index contributed by atoms with van der Waals surface area (Å²) in [7, 11) is 0.